The summed E-state index contributed by atoms with van der Waals surface area (Å²) in [6.45, 7) is 0.756. The van der Waals surface area contributed by atoms with Gasteiger partial charge in [-0.3, -0.25) is 0 Å². The van der Waals surface area contributed by atoms with E-state index in [-0.39, 0.29) is 0 Å². The van der Waals surface area contributed by atoms with Crippen molar-refractivity contribution >= 4 is 8.03 Å². The third-order valence-electron chi connectivity index (χ3n) is 0.962. The quantitative estimate of drug-likeness (QED) is 0.469. The van der Waals surface area contributed by atoms with Crippen LogP contribution in [0, 0.1) is 0 Å². The molecule has 0 bridgehead atoms. The van der Waals surface area contributed by atoms with Gasteiger partial charge in [0.05, 0.1) is 21.1 Å². The molecule has 1 unspecified atom stereocenters. The van der Waals surface area contributed by atoms with Gasteiger partial charge in [-0.25, -0.2) is 0 Å². The SMILES string of the molecule is C[N+](C)(C)CC[P+](=O)O. The smallest absolute Gasteiger partial charge is 0.327 e. The van der Waals surface area contributed by atoms with Gasteiger partial charge in [0.1, 0.15) is 6.54 Å². The Morgan fingerprint density at radius 2 is 1.89 bits per heavy atom. The topological polar surface area (TPSA) is 37.3 Å². The molecule has 1 N–H and O–H groups in total. The highest BCUT2D eigenvalue weighted by Gasteiger charge is 2.16. The van der Waals surface area contributed by atoms with Crippen LogP contribution in [-0.4, -0.2) is 43.2 Å². The van der Waals surface area contributed by atoms with Gasteiger partial charge in [0, 0.05) is 0 Å². The Morgan fingerprint density at radius 1 is 1.44 bits per heavy atom. The first-order valence-corrected chi connectivity index (χ1v) is 4.25. The highest BCUT2D eigenvalue weighted by Crippen LogP contribution is 2.12. The van der Waals surface area contributed by atoms with Crippen LogP contribution in [0.2, 0.25) is 0 Å². The van der Waals surface area contributed by atoms with Crippen molar-refractivity contribution in [1.29, 1.82) is 0 Å². The molecule has 0 spiro atoms. The van der Waals surface area contributed by atoms with Crippen molar-refractivity contribution in [2.45, 2.75) is 0 Å². The van der Waals surface area contributed by atoms with Crippen LogP contribution in [0.25, 0.3) is 0 Å². The van der Waals surface area contributed by atoms with E-state index in [1.807, 2.05) is 21.1 Å². The molecule has 0 saturated carbocycles. The van der Waals surface area contributed by atoms with Gasteiger partial charge in [0.2, 0.25) is 6.16 Å². The maximum atomic E-state index is 10.2. The average molecular weight is 151 g/mol. The number of nitrogens with zero attached hydrogens (tertiary/aromatic N) is 1. The lowest BCUT2D eigenvalue weighted by Crippen LogP contribution is -2.36. The summed E-state index contributed by atoms with van der Waals surface area (Å²) in [5.41, 5.74) is 0. The second-order valence-corrected chi connectivity index (χ2v) is 4.24. The van der Waals surface area contributed by atoms with E-state index in [1.54, 1.807) is 0 Å². The Bertz CT molecular complexity index is 108. The molecule has 0 radical (unpaired) electrons. The molecular weight excluding hydrogens is 137 g/mol. The zero-order valence-corrected chi connectivity index (χ0v) is 7.06. The molecule has 0 aliphatic rings. The van der Waals surface area contributed by atoms with E-state index in [0.29, 0.717) is 6.16 Å². The Kier molecular flexibility index (Phi) is 3.26. The number of hydrogen-bond acceptors (Lipinski definition) is 1. The molecule has 1 atom stereocenters. The van der Waals surface area contributed by atoms with Gasteiger partial charge >= 0.3 is 8.03 Å². The predicted octanol–water partition coefficient (Wildman–Crippen LogP) is 0.427. The summed E-state index contributed by atoms with van der Waals surface area (Å²) >= 11 is 0. The summed E-state index contributed by atoms with van der Waals surface area (Å²) in [5, 5.41) is 0. The fourth-order valence-electron chi connectivity index (χ4n) is 0.386. The number of rotatable bonds is 3. The highest BCUT2D eigenvalue weighted by atomic mass is 31.1. The molecule has 0 amide bonds. The van der Waals surface area contributed by atoms with Crippen molar-refractivity contribution in [3.05, 3.63) is 0 Å². The molecule has 0 fully saturated rings. The summed E-state index contributed by atoms with van der Waals surface area (Å²) in [5.74, 6) is 0. The van der Waals surface area contributed by atoms with Gasteiger partial charge in [-0.2, -0.15) is 4.89 Å². The number of quaternary nitrogens is 1. The normalized spacial score (nSPS) is 13.6. The minimum atomic E-state index is -1.93. The maximum absolute atomic E-state index is 10.2. The van der Waals surface area contributed by atoms with E-state index in [9.17, 15) is 4.57 Å². The van der Waals surface area contributed by atoms with Gasteiger partial charge < -0.3 is 4.48 Å². The minimum absolute atomic E-state index is 0.402. The second kappa shape index (κ2) is 3.25. The van der Waals surface area contributed by atoms with Crippen LogP contribution >= 0.6 is 8.03 Å². The summed E-state index contributed by atoms with van der Waals surface area (Å²) in [6.07, 6.45) is 0.402. The van der Waals surface area contributed by atoms with Crippen LogP contribution in [0.5, 0.6) is 0 Å². The molecule has 0 aromatic heterocycles. The van der Waals surface area contributed by atoms with E-state index in [4.69, 9.17) is 4.89 Å². The van der Waals surface area contributed by atoms with E-state index >= 15 is 0 Å². The van der Waals surface area contributed by atoms with Gasteiger partial charge in [-0.1, -0.05) is 0 Å². The van der Waals surface area contributed by atoms with Gasteiger partial charge in [0.15, 0.2) is 0 Å². The maximum Gasteiger partial charge on any atom is 0.511 e. The highest BCUT2D eigenvalue weighted by molar-refractivity contribution is 7.38. The molecule has 0 heterocycles. The lowest BCUT2D eigenvalue weighted by atomic mass is 10.6. The first-order chi connectivity index (χ1) is 3.92. The molecule has 9 heavy (non-hydrogen) atoms. The molecule has 0 aromatic carbocycles. The average Bonchev–Trinajstić information content (AvgIpc) is 1.59. The van der Waals surface area contributed by atoms with Crippen LogP contribution in [0.1, 0.15) is 0 Å². The lowest BCUT2D eigenvalue weighted by Gasteiger charge is -2.20. The van der Waals surface area contributed by atoms with Crippen molar-refractivity contribution in [2.75, 3.05) is 33.8 Å². The Labute approximate surface area is 56.8 Å². The molecule has 0 aliphatic carbocycles. The van der Waals surface area contributed by atoms with Crippen LogP contribution in [0.15, 0.2) is 0 Å². The monoisotopic (exact) mass is 151 g/mol. The van der Waals surface area contributed by atoms with Crippen LogP contribution in [0.4, 0.5) is 0 Å². The van der Waals surface area contributed by atoms with Crippen molar-refractivity contribution in [3.8, 4) is 0 Å². The van der Waals surface area contributed by atoms with E-state index < -0.39 is 8.03 Å². The van der Waals surface area contributed by atoms with E-state index in [1.165, 1.54) is 0 Å². The standard InChI is InChI=1S/C5H13NO2P/c1-6(2,3)4-5-9(7)8/h4-5H2,1-3H3/q+1/p+1. The number of hydrogen-bond donors (Lipinski definition) is 1. The Hall–Kier alpha value is 0.0200. The summed E-state index contributed by atoms with van der Waals surface area (Å²) in [4.78, 5) is 8.41. The third-order valence-corrected chi connectivity index (χ3v) is 1.54. The van der Waals surface area contributed by atoms with Crippen molar-refractivity contribution in [1.82, 2.24) is 0 Å². The molecule has 0 rings (SSSR count). The molecule has 0 saturated heterocycles. The van der Waals surface area contributed by atoms with E-state index in [2.05, 4.69) is 0 Å². The third kappa shape index (κ3) is 8.02. The Balaban J connectivity index is 3.39. The first kappa shape index (κ1) is 9.02. The summed E-state index contributed by atoms with van der Waals surface area (Å²) < 4.78 is 10.9. The van der Waals surface area contributed by atoms with Crippen molar-refractivity contribution < 1.29 is 13.9 Å². The Morgan fingerprint density at radius 3 is 2.00 bits per heavy atom. The van der Waals surface area contributed by atoms with Gasteiger partial charge in [-0.15, -0.1) is 0 Å². The zero-order chi connectivity index (χ0) is 7.49. The summed E-state index contributed by atoms with van der Waals surface area (Å²) in [6, 6.07) is 0. The molecule has 3 nitrogen and oxygen atoms in total. The minimum Gasteiger partial charge on any atom is -0.327 e. The fraction of sp³-hybridized carbons (Fsp3) is 1.00. The molecule has 54 valence electrons. The molecular formula is C5H14NO2P+2. The molecule has 4 heteroatoms. The van der Waals surface area contributed by atoms with Crippen molar-refractivity contribution in [2.24, 2.45) is 0 Å². The molecule has 0 aromatic rings. The second-order valence-electron chi connectivity index (χ2n) is 3.09. The molecule has 0 aliphatic heterocycles. The zero-order valence-electron chi connectivity index (χ0n) is 6.16. The van der Waals surface area contributed by atoms with E-state index in [0.717, 1.165) is 11.0 Å². The van der Waals surface area contributed by atoms with Gasteiger partial charge in [-0.05, 0) is 4.57 Å². The van der Waals surface area contributed by atoms with Gasteiger partial charge in [0.25, 0.3) is 0 Å². The van der Waals surface area contributed by atoms with Crippen LogP contribution in [0.3, 0.4) is 0 Å². The predicted molar refractivity (Wildman–Crippen MR) is 37.6 cm³/mol. The largest absolute Gasteiger partial charge is 0.511 e. The lowest BCUT2D eigenvalue weighted by molar-refractivity contribution is -0.867. The van der Waals surface area contributed by atoms with Crippen molar-refractivity contribution in [3.63, 3.8) is 0 Å². The fourth-order valence-corrected chi connectivity index (χ4v) is 1.16. The first-order valence-electron chi connectivity index (χ1n) is 2.86. The summed E-state index contributed by atoms with van der Waals surface area (Å²) in [7, 11) is 4.07. The van der Waals surface area contributed by atoms with Crippen LogP contribution < -0.4 is 0 Å². The van der Waals surface area contributed by atoms with Crippen LogP contribution in [-0.2, 0) is 4.57 Å².